The second kappa shape index (κ2) is 6.86. The maximum absolute atomic E-state index is 11.7. The average molecular weight is 253 g/mol. The SMILES string of the molecule is COc1ccc(OC)c(NC(=O)CCC(C)O)c1. The van der Waals surface area contributed by atoms with Crippen molar-refractivity contribution in [3.8, 4) is 11.5 Å². The predicted molar refractivity (Wildman–Crippen MR) is 69.1 cm³/mol. The number of ether oxygens (including phenoxy) is 2. The van der Waals surface area contributed by atoms with Crippen LogP contribution in [0.25, 0.3) is 0 Å². The third kappa shape index (κ3) is 4.25. The summed E-state index contributed by atoms with van der Waals surface area (Å²) in [6.45, 7) is 1.65. The van der Waals surface area contributed by atoms with Gasteiger partial charge >= 0.3 is 0 Å². The summed E-state index contributed by atoms with van der Waals surface area (Å²) < 4.78 is 10.2. The van der Waals surface area contributed by atoms with Crippen LogP contribution in [0.1, 0.15) is 19.8 Å². The molecule has 1 atom stereocenters. The van der Waals surface area contributed by atoms with Crippen LogP contribution >= 0.6 is 0 Å². The van der Waals surface area contributed by atoms with Gasteiger partial charge in [0, 0.05) is 12.5 Å². The van der Waals surface area contributed by atoms with Crippen molar-refractivity contribution in [2.75, 3.05) is 19.5 Å². The average Bonchev–Trinajstić information content (AvgIpc) is 2.36. The molecule has 0 aliphatic rings. The summed E-state index contributed by atoms with van der Waals surface area (Å²) in [5, 5.41) is 11.9. The Bertz CT molecular complexity index is 404. The van der Waals surface area contributed by atoms with E-state index in [1.165, 1.54) is 7.11 Å². The van der Waals surface area contributed by atoms with E-state index in [1.54, 1.807) is 32.2 Å². The minimum absolute atomic E-state index is 0.164. The van der Waals surface area contributed by atoms with Gasteiger partial charge in [-0.3, -0.25) is 4.79 Å². The third-order valence-corrected chi connectivity index (χ3v) is 2.47. The number of aliphatic hydroxyl groups excluding tert-OH is 1. The van der Waals surface area contributed by atoms with Crippen LogP contribution in [-0.2, 0) is 4.79 Å². The van der Waals surface area contributed by atoms with Crippen molar-refractivity contribution in [3.05, 3.63) is 18.2 Å². The quantitative estimate of drug-likeness (QED) is 0.811. The molecule has 1 unspecified atom stereocenters. The summed E-state index contributed by atoms with van der Waals surface area (Å²) in [6.07, 6.45) is 0.207. The van der Waals surface area contributed by atoms with Gasteiger partial charge in [-0.1, -0.05) is 0 Å². The molecule has 1 rings (SSSR count). The minimum atomic E-state index is -0.483. The van der Waals surface area contributed by atoms with Gasteiger partial charge in [-0.15, -0.1) is 0 Å². The van der Waals surface area contributed by atoms with Gasteiger partial charge in [0.15, 0.2) is 0 Å². The van der Waals surface area contributed by atoms with Crippen LogP contribution in [0.3, 0.4) is 0 Å². The normalized spacial score (nSPS) is 11.8. The molecule has 1 aromatic rings. The monoisotopic (exact) mass is 253 g/mol. The standard InChI is InChI=1S/C13H19NO4/c1-9(15)4-7-13(16)14-11-8-10(17-2)5-6-12(11)18-3/h5-6,8-9,15H,4,7H2,1-3H3,(H,14,16). The zero-order valence-corrected chi connectivity index (χ0v) is 10.9. The van der Waals surface area contributed by atoms with Gasteiger partial charge in [-0.2, -0.15) is 0 Å². The van der Waals surface area contributed by atoms with Gasteiger partial charge in [0.25, 0.3) is 0 Å². The van der Waals surface area contributed by atoms with Crippen LogP contribution in [0.4, 0.5) is 5.69 Å². The fourth-order valence-corrected chi connectivity index (χ4v) is 1.46. The van der Waals surface area contributed by atoms with Gasteiger partial charge in [-0.25, -0.2) is 0 Å². The Morgan fingerprint density at radius 2 is 2.11 bits per heavy atom. The van der Waals surface area contributed by atoms with Crippen LogP contribution in [0.5, 0.6) is 11.5 Å². The first-order valence-corrected chi connectivity index (χ1v) is 5.76. The molecule has 0 aromatic heterocycles. The molecule has 0 radical (unpaired) electrons. The zero-order chi connectivity index (χ0) is 13.5. The van der Waals surface area contributed by atoms with Crippen molar-refractivity contribution < 1.29 is 19.4 Å². The number of carbonyl (C=O) groups is 1. The van der Waals surface area contributed by atoms with Crippen LogP contribution in [0.2, 0.25) is 0 Å². The van der Waals surface area contributed by atoms with E-state index in [1.807, 2.05) is 0 Å². The first kappa shape index (κ1) is 14.3. The number of hydrogen-bond donors (Lipinski definition) is 2. The molecule has 100 valence electrons. The molecule has 5 nitrogen and oxygen atoms in total. The number of aliphatic hydroxyl groups is 1. The summed E-state index contributed by atoms with van der Waals surface area (Å²) >= 11 is 0. The number of carbonyl (C=O) groups excluding carboxylic acids is 1. The Hall–Kier alpha value is -1.75. The summed E-state index contributed by atoms with van der Waals surface area (Å²) in [6, 6.07) is 5.17. The van der Waals surface area contributed by atoms with Crippen LogP contribution in [-0.4, -0.2) is 31.3 Å². The molecule has 0 fully saturated rings. The summed E-state index contributed by atoms with van der Waals surface area (Å²) in [4.78, 5) is 11.7. The molecule has 1 amide bonds. The molecule has 0 aliphatic carbocycles. The minimum Gasteiger partial charge on any atom is -0.497 e. The summed E-state index contributed by atoms with van der Waals surface area (Å²) in [5.41, 5.74) is 0.562. The van der Waals surface area contributed by atoms with Crippen molar-refractivity contribution in [3.63, 3.8) is 0 Å². The Morgan fingerprint density at radius 3 is 2.67 bits per heavy atom. The molecule has 0 bridgehead atoms. The van der Waals surface area contributed by atoms with Crippen LogP contribution in [0, 0.1) is 0 Å². The topological polar surface area (TPSA) is 67.8 Å². The van der Waals surface area contributed by atoms with Gasteiger partial charge in [0.05, 0.1) is 26.0 Å². The van der Waals surface area contributed by atoms with E-state index < -0.39 is 6.10 Å². The molecule has 1 aromatic carbocycles. The number of benzene rings is 1. The van der Waals surface area contributed by atoms with Gasteiger partial charge in [0.2, 0.25) is 5.91 Å². The number of rotatable bonds is 6. The fourth-order valence-electron chi connectivity index (χ4n) is 1.46. The molecule has 0 heterocycles. The number of hydrogen-bond acceptors (Lipinski definition) is 4. The maximum atomic E-state index is 11.7. The number of nitrogens with one attached hydrogen (secondary N) is 1. The lowest BCUT2D eigenvalue weighted by Gasteiger charge is -2.12. The first-order valence-electron chi connectivity index (χ1n) is 5.76. The van der Waals surface area contributed by atoms with E-state index in [9.17, 15) is 4.79 Å². The molecule has 0 saturated carbocycles. The van der Waals surface area contributed by atoms with Crippen molar-refractivity contribution in [2.24, 2.45) is 0 Å². The molecule has 0 aliphatic heterocycles. The van der Waals surface area contributed by atoms with Crippen molar-refractivity contribution in [1.29, 1.82) is 0 Å². The molecule has 2 N–H and O–H groups in total. The van der Waals surface area contributed by atoms with Crippen LogP contribution in [0.15, 0.2) is 18.2 Å². The highest BCUT2D eigenvalue weighted by atomic mass is 16.5. The Labute approximate surface area is 107 Å². The molecular weight excluding hydrogens is 234 g/mol. The fraction of sp³-hybridized carbons (Fsp3) is 0.462. The predicted octanol–water partition coefficient (Wildman–Crippen LogP) is 1.80. The van der Waals surface area contributed by atoms with E-state index in [2.05, 4.69) is 5.32 Å². The lowest BCUT2D eigenvalue weighted by Crippen LogP contribution is -2.14. The molecule has 0 saturated heterocycles. The van der Waals surface area contributed by atoms with E-state index in [-0.39, 0.29) is 12.3 Å². The Kier molecular flexibility index (Phi) is 5.45. The third-order valence-electron chi connectivity index (χ3n) is 2.47. The van der Waals surface area contributed by atoms with Gasteiger partial charge in [0.1, 0.15) is 11.5 Å². The highest BCUT2D eigenvalue weighted by Gasteiger charge is 2.09. The molecule has 18 heavy (non-hydrogen) atoms. The maximum Gasteiger partial charge on any atom is 0.224 e. The summed E-state index contributed by atoms with van der Waals surface area (Å²) in [5.74, 6) is 1.05. The Morgan fingerprint density at radius 1 is 1.39 bits per heavy atom. The van der Waals surface area contributed by atoms with E-state index in [0.29, 0.717) is 23.6 Å². The lowest BCUT2D eigenvalue weighted by molar-refractivity contribution is -0.116. The van der Waals surface area contributed by atoms with Gasteiger partial charge < -0.3 is 19.9 Å². The number of amides is 1. The second-order valence-electron chi connectivity index (χ2n) is 4.00. The van der Waals surface area contributed by atoms with Crippen molar-refractivity contribution in [2.45, 2.75) is 25.9 Å². The van der Waals surface area contributed by atoms with Gasteiger partial charge in [-0.05, 0) is 25.5 Å². The largest absolute Gasteiger partial charge is 0.497 e. The smallest absolute Gasteiger partial charge is 0.224 e. The van der Waals surface area contributed by atoms with E-state index >= 15 is 0 Å². The molecule has 0 spiro atoms. The van der Waals surface area contributed by atoms with Crippen molar-refractivity contribution >= 4 is 11.6 Å². The van der Waals surface area contributed by atoms with E-state index in [0.717, 1.165) is 0 Å². The highest BCUT2D eigenvalue weighted by molar-refractivity contribution is 5.92. The zero-order valence-electron chi connectivity index (χ0n) is 10.9. The van der Waals surface area contributed by atoms with Crippen molar-refractivity contribution in [1.82, 2.24) is 0 Å². The Balaban J connectivity index is 2.72. The molecule has 5 heteroatoms. The first-order chi connectivity index (χ1) is 8.56. The summed E-state index contributed by atoms with van der Waals surface area (Å²) in [7, 11) is 3.09. The van der Waals surface area contributed by atoms with E-state index in [4.69, 9.17) is 14.6 Å². The second-order valence-corrected chi connectivity index (χ2v) is 4.00. The number of methoxy groups -OCH3 is 2. The molecular formula is C13H19NO4. The van der Waals surface area contributed by atoms with Crippen LogP contribution < -0.4 is 14.8 Å². The highest BCUT2D eigenvalue weighted by Crippen LogP contribution is 2.28. The lowest BCUT2D eigenvalue weighted by atomic mass is 10.2. The number of anilines is 1.